The van der Waals surface area contributed by atoms with Crippen molar-refractivity contribution >= 4 is 11.9 Å². The van der Waals surface area contributed by atoms with Crippen molar-refractivity contribution in [3.8, 4) is 17.2 Å². The minimum absolute atomic E-state index is 0.139. The van der Waals surface area contributed by atoms with Gasteiger partial charge in [-0.3, -0.25) is 4.79 Å². The van der Waals surface area contributed by atoms with Gasteiger partial charge in [-0.1, -0.05) is 70.4 Å². The van der Waals surface area contributed by atoms with Gasteiger partial charge in [-0.05, 0) is 44.2 Å². The third-order valence-electron chi connectivity index (χ3n) is 5.15. The summed E-state index contributed by atoms with van der Waals surface area (Å²) in [6.07, 6.45) is 19.8. The van der Waals surface area contributed by atoms with Gasteiger partial charge in [0.05, 0.1) is 5.56 Å². The van der Waals surface area contributed by atoms with Gasteiger partial charge in [0, 0.05) is 6.42 Å². The molecule has 0 spiro atoms. The zero-order valence-corrected chi connectivity index (χ0v) is 18.8. The van der Waals surface area contributed by atoms with Gasteiger partial charge >= 0.3 is 11.9 Å². The topological polar surface area (TPSA) is 104 Å². The van der Waals surface area contributed by atoms with Crippen molar-refractivity contribution in [3.63, 3.8) is 0 Å². The van der Waals surface area contributed by atoms with Crippen LogP contribution < -0.4 is 0 Å². The lowest BCUT2D eigenvalue weighted by Gasteiger charge is -2.06. The lowest BCUT2D eigenvalue weighted by Crippen LogP contribution is -2.12. The maximum absolute atomic E-state index is 11.9. The van der Waals surface area contributed by atoms with E-state index in [9.17, 15) is 24.9 Å². The van der Waals surface area contributed by atoms with Crippen LogP contribution in [0.2, 0.25) is 0 Å². The molecular formula is C25H38O6. The van der Waals surface area contributed by atoms with Gasteiger partial charge in [-0.2, -0.15) is 0 Å². The van der Waals surface area contributed by atoms with E-state index in [2.05, 4.69) is 19.1 Å². The largest absolute Gasteiger partial charge is 0.504 e. The quantitative estimate of drug-likeness (QED) is 0.0899. The summed E-state index contributed by atoms with van der Waals surface area (Å²) < 4.78 is 4.71. The highest BCUT2D eigenvalue weighted by atomic mass is 16.6. The van der Waals surface area contributed by atoms with Crippen LogP contribution in [-0.2, 0) is 9.53 Å². The average Bonchev–Trinajstić information content (AvgIpc) is 2.74. The lowest BCUT2D eigenvalue weighted by molar-refractivity contribution is -0.138. The smallest absolute Gasteiger partial charge is 0.346 e. The number of hydrogen-bond acceptors (Lipinski definition) is 6. The van der Waals surface area contributed by atoms with Crippen LogP contribution in [0.5, 0.6) is 17.2 Å². The van der Waals surface area contributed by atoms with Crippen LogP contribution in [-0.4, -0.2) is 27.3 Å². The molecule has 0 aliphatic carbocycles. The number of benzene rings is 1. The van der Waals surface area contributed by atoms with Crippen molar-refractivity contribution in [1.82, 2.24) is 0 Å². The zero-order chi connectivity index (χ0) is 22.9. The Morgan fingerprint density at radius 3 is 1.81 bits per heavy atom. The lowest BCUT2D eigenvalue weighted by atomic mass is 10.1. The highest BCUT2D eigenvalue weighted by molar-refractivity contribution is 5.97. The molecule has 1 aromatic rings. The van der Waals surface area contributed by atoms with Crippen molar-refractivity contribution < 1.29 is 29.6 Å². The van der Waals surface area contributed by atoms with Gasteiger partial charge in [0.1, 0.15) is 0 Å². The van der Waals surface area contributed by atoms with Crippen LogP contribution >= 0.6 is 0 Å². The average molecular weight is 435 g/mol. The standard InChI is InChI=1S/C25H38O6/c1-2-3-4-5-6-7-8-9-10-11-12-13-14-15-16-17-23(28)31-25(30)20-18-21(26)24(29)22(27)19-20/h9-10,18-19,26-27,29H,2-8,11-17H2,1H3/b10-9+. The molecule has 0 saturated heterocycles. The first-order chi connectivity index (χ1) is 15.0. The zero-order valence-electron chi connectivity index (χ0n) is 18.8. The Balaban J connectivity index is 2.02. The molecule has 0 radical (unpaired) electrons. The number of ether oxygens (including phenoxy) is 1. The van der Waals surface area contributed by atoms with Crippen molar-refractivity contribution in [2.45, 2.75) is 96.8 Å². The fourth-order valence-corrected chi connectivity index (χ4v) is 3.28. The van der Waals surface area contributed by atoms with E-state index in [0.29, 0.717) is 6.42 Å². The van der Waals surface area contributed by atoms with Gasteiger partial charge in [0.15, 0.2) is 17.2 Å². The first kappa shape index (κ1) is 26.5. The molecular weight excluding hydrogens is 396 g/mol. The van der Waals surface area contributed by atoms with Gasteiger partial charge in [0.25, 0.3) is 0 Å². The summed E-state index contributed by atoms with van der Waals surface area (Å²) in [5, 5.41) is 28.1. The number of unbranched alkanes of at least 4 members (excludes halogenated alkanes) is 11. The minimum atomic E-state index is -0.969. The maximum atomic E-state index is 11.9. The van der Waals surface area contributed by atoms with E-state index in [1.54, 1.807) is 0 Å². The van der Waals surface area contributed by atoms with Crippen molar-refractivity contribution in [2.24, 2.45) is 0 Å². The number of esters is 2. The summed E-state index contributed by atoms with van der Waals surface area (Å²) in [6, 6.07) is 1.87. The Bertz CT molecular complexity index is 672. The van der Waals surface area contributed by atoms with E-state index in [1.165, 1.54) is 44.9 Å². The van der Waals surface area contributed by atoms with E-state index in [4.69, 9.17) is 4.74 Å². The first-order valence-electron chi connectivity index (χ1n) is 11.6. The number of phenols is 3. The Labute approximate surface area is 185 Å². The predicted molar refractivity (Wildman–Crippen MR) is 121 cm³/mol. The molecule has 1 rings (SSSR count). The summed E-state index contributed by atoms with van der Waals surface area (Å²) in [5.41, 5.74) is -0.203. The normalized spacial score (nSPS) is 11.1. The van der Waals surface area contributed by atoms with Gasteiger partial charge in [0.2, 0.25) is 0 Å². The fourth-order valence-electron chi connectivity index (χ4n) is 3.28. The van der Waals surface area contributed by atoms with E-state index in [-0.39, 0.29) is 12.0 Å². The SMILES string of the molecule is CCCCCCCC/C=C/CCCCCCCC(=O)OC(=O)c1cc(O)c(O)c(O)c1. The molecule has 0 unspecified atom stereocenters. The van der Waals surface area contributed by atoms with Crippen LogP contribution in [0.15, 0.2) is 24.3 Å². The van der Waals surface area contributed by atoms with Gasteiger partial charge in [-0.15, -0.1) is 0 Å². The van der Waals surface area contributed by atoms with Crippen LogP contribution in [0.25, 0.3) is 0 Å². The molecule has 6 heteroatoms. The van der Waals surface area contributed by atoms with Crippen LogP contribution in [0, 0.1) is 0 Å². The first-order valence-corrected chi connectivity index (χ1v) is 11.6. The number of carbonyl (C=O) groups excluding carboxylic acids is 2. The van der Waals surface area contributed by atoms with Gasteiger partial charge in [-0.25, -0.2) is 4.79 Å². The molecule has 174 valence electrons. The highest BCUT2D eigenvalue weighted by Crippen LogP contribution is 2.35. The molecule has 0 aromatic heterocycles. The molecule has 31 heavy (non-hydrogen) atoms. The second-order valence-electron chi connectivity index (χ2n) is 7.96. The molecule has 0 amide bonds. The predicted octanol–water partition coefficient (Wildman–Crippen LogP) is 6.52. The monoisotopic (exact) mass is 434 g/mol. The molecule has 0 heterocycles. The summed E-state index contributed by atoms with van der Waals surface area (Å²) in [7, 11) is 0. The molecule has 1 aromatic carbocycles. The van der Waals surface area contributed by atoms with Crippen LogP contribution in [0.3, 0.4) is 0 Å². The van der Waals surface area contributed by atoms with Crippen molar-refractivity contribution in [1.29, 1.82) is 0 Å². The number of hydrogen-bond donors (Lipinski definition) is 3. The third kappa shape index (κ3) is 12.1. The van der Waals surface area contributed by atoms with Crippen molar-refractivity contribution in [3.05, 3.63) is 29.8 Å². The van der Waals surface area contributed by atoms with E-state index < -0.39 is 29.2 Å². The van der Waals surface area contributed by atoms with E-state index in [1.807, 2.05) is 0 Å². The van der Waals surface area contributed by atoms with Crippen LogP contribution in [0.4, 0.5) is 0 Å². The molecule has 0 bridgehead atoms. The summed E-state index contributed by atoms with van der Waals surface area (Å²) in [6.45, 7) is 2.24. The number of allylic oxidation sites excluding steroid dienone is 2. The van der Waals surface area contributed by atoms with Crippen molar-refractivity contribution in [2.75, 3.05) is 0 Å². The summed E-state index contributed by atoms with van der Waals surface area (Å²) in [4.78, 5) is 23.6. The van der Waals surface area contributed by atoms with Gasteiger partial charge < -0.3 is 20.1 Å². The summed E-state index contributed by atoms with van der Waals surface area (Å²) >= 11 is 0. The Morgan fingerprint density at radius 1 is 0.774 bits per heavy atom. The molecule has 0 atom stereocenters. The Kier molecular flexibility index (Phi) is 13.9. The van der Waals surface area contributed by atoms with E-state index >= 15 is 0 Å². The molecule has 6 nitrogen and oxygen atoms in total. The van der Waals surface area contributed by atoms with E-state index in [0.717, 1.165) is 44.2 Å². The molecule has 3 N–H and O–H groups in total. The highest BCUT2D eigenvalue weighted by Gasteiger charge is 2.17. The third-order valence-corrected chi connectivity index (χ3v) is 5.15. The summed E-state index contributed by atoms with van der Waals surface area (Å²) in [5.74, 6) is -3.65. The second kappa shape index (κ2) is 16.2. The Morgan fingerprint density at radius 2 is 1.26 bits per heavy atom. The Hall–Kier alpha value is -2.50. The number of aromatic hydroxyl groups is 3. The second-order valence-corrected chi connectivity index (χ2v) is 7.96. The molecule has 0 aliphatic rings. The minimum Gasteiger partial charge on any atom is -0.504 e. The number of rotatable bonds is 16. The number of phenolic OH excluding ortho intramolecular Hbond substituents is 3. The number of carbonyl (C=O) groups is 2. The molecule has 0 fully saturated rings. The maximum Gasteiger partial charge on any atom is 0.346 e. The fraction of sp³-hybridized carbons (Fsp3) is 0.600. The molecule has 0 aliphatic heterocycles. The molecule has 0 saturated carbocycles. The van der Waals surface area contributed by atoms with Crippen LogP contribution in [0.1, 0.15) is 107 Å².